The minimum absolute atomic E-state index is 0.645. The summed E-state index contributed by atoms with van der Waals surface area (Å²) in [6, 6.07) is 15.2. The van der Waals surface area contributed by atoms with Crippen molar-refractivity contribution in [2.24, 2.45) is 0 Å². The zero-order chi connectivity index (χ0) is 13.6. The minimum Gasteiger partial charge on any atom is -0.494 e. The van der Waals surface area contributed by atoms with Gasteiger partial charge in [0.05, 0.1) is 6.61 Å². The third-order valence-electron chi connectivity index (χ3n) is 3.84. The Morgan fingerprint density at radius 1 is 1.15 bits per heavy atom. The fraction of sp³-hybridized carbons (Fsp3) is 0.412. The lowest BCUT2D eigenvalue weighted by Crippen LogP contribution is -2.25. The summed E-state index contributed by atoms with van der Waals surface area (Å²) in [4.78, 5) is 4.13. The SMILES string of the molecule is c1ccc(OCCCN2CCCC2c2cccs2)cc1. The van der Waals surface area contributed by atoms with Crippen molar-refractivity contribution in [3.8, 4) is 5.75 Å². The van der Waals surface area contributed by atoms with Gasteiger partial charge in [0.1, 0.15) is 5.75 Å². The normalized spacial score (nSPS) is 19.3. The van der Waals surface area contributed by atoms with Crippen molar-refractivity contribution in [1.82, 2.24) is 4.90 Å². The quantitative estimate of drug-likeness (QED) is 0.732. The molecule has 2 nitrogen and oxygen atoms in total. The Kier molecular flexibility index (Phi) is 4.72. The maximum atomic E-state index is 5.77. The molecule has 3 heteroatoms. The lowest BCUT2D eigenvalue weighted by atomic mass is 10.2. The molecule has 0 amide bonds. The number of nitrogens with zero attached hydrogens (tertiary/aromatic N) is 1. The Morgan fingerprint density at radius 3 is 2.85 bits per heavy atom. The second kappa shape index (κ2) is 6.91. The van der Waals surface area contributed by atoms with Crippen molar-refractivity contribution in [2.75, 3.05) is 19.7 Å². The van der Waals surface area contributed by atoms with Gasteiger partial charge in [-0.1, -0.05) is 24.3 Å². The molecule has 3 rings (SSSR count). The van der Waals surface area contributed by atoms with E-state index in [2.05, 4.69) is 22.4 Å². The van der Waals surface area contributed by atoms with Crippen molar-refractivity contribution >= 4 is 11.3 Å². The molecule has 20 heavy (non-hydrogen) atoms. The van der Waals surface area contributed by atoms with Crippen LogP contribution < -0.4 is 4.74 Å². The number of hydrogen-bond donors (Lipinski definition) is 0. The van der Waals surface area contributed by atoms with Crippen molar-refractivity contribution in [3.05, 3.63) is 52.7 Å². The van der Waals surface area contributed by atoms with Crippen LogP contribution in [0.2, 0.25) is 0 Å². The zero-order valence-corrected chi connectivity index (χ0v) is 12.5. The third kappa shape index (κ3) is 3.41. The summed E-state index contributed by atoms with van der Waals surface area (Å²) in [5.41, 5.74) is 0. The topological polar surface area (TPSA) is 12.5 Å². The second-order valence-electron chi connectivity index (χ2n) is 5.22. The van der Waals surface area contributed by atoms with E-state index < -0.39 is 0 Å². The molecule has 1 aromatic heterocycles. The number of ether oxygens (including phenoxy) is 1. The van der Waals surface area contributed by atoms with Gasteiger partial charge in [-0.3, -0.25) is 4.90 Å². The largest absolute Gasteiger partial charge is 0.494 e. The third-order valence-corrected chi connectivity index (χ3v) is 4.81. The van der Waals surface area contributed by atoms with Gasteiger partial charge in [-0.25, -0.2) is 0 Å². The number of hydrogen-bond acceptors (Lipinski definition) is 3. The van der Waals surface area contributed by atoms with Crippen LogP contribution in [-0.2, 0) is 0 Å². The first-order valence-corrected chi connectivity index (χ1v) is 8.27. The molecule has 1 aromatic carbocycles. The van der Waals surface area contributed by atoms with Gasteiger partial charge in [-0.2, -0.15) is 0 Å². The van der Waals surface area contributed by atoms with E-state index >= 15 is 0 Å². The number of rotatable bonds is 6. The number of likely N-dealkylation sites (tertiary alicyclic amines) is 1. The molecule has 0 saturated carbocycles. The molecule has 0 bridgehead atoms. The Morgan fingerprint density at radius 2 is 2.05 bits per heavy atom. The molecule has 1 fully saturated rings. The summed E-state index contributed by atoms with van der Waals surface area (Å²) >= 11 is 1.89. The molecule has 0 radical (unpaired) electrons. The van der Waals surface area contributed by atoms with Crippen LogP contribution in [-0.4, -0.2) is 24.6 Å². The maximum Gasteiger partial charge on any atom is 0.119 e. The highest BCUT2D eigenvalue weighted by Gasteiger charge is 2.25. The smallest absolute Gasteiger partial charge is 0.119 e. The Hall–Kier alpha value is -1.32. The van der Waals surface area contributed by atoms with Crippen LogP contribution in [0, 0.1) is 0 Å². The van der Waals surface area contributed by atoms with Crippen LogP contribution in [0.15, 0.2) is 47.8 Å². The van der Waals surface area contributed by atoms with Gasteiger partial charge in [-0.05, 0) is 49.4 Å². The number of benzene rings is 1. The van der Waals surface area contributed by atoms with Crippen molar-refractivity contribution in [2.45, 2.75) is 25.3 Å². The Bertz CT molecular complexity index is 497. The van der Waals surface area contributed by atoms with E-state index in [1.807, 2.05) is 41.7 Å². The molecule has 1 atom stereocenters. The fourth-order valence-electron chi connectivity index (χ4n) is 2.87. The zero-order valence-electron chi connectivity index (χ0n) is 11.7. The van der Waals surface area contributed by atoms with E-state index in [0.29, 0.717) is 6.04 Å². The summed E-state index contributed by atoms with van der Waals surface area (Å²) < 4.78 is 5.77. The molecular weight excluding hydrogens is 266 g/mol. The van der Waals surface area contributed by atoms with E-state index in [1.165, 1.54) is 24.3 Å². The molecule has 2 aromatic rings. The highest BCUT2D eigenvalue weighted by atomic mass is 32.1. The van der Waals surface area contributed by atoms with E-state index in [9.17, 15) is 0 Å². The molecule has 1 unspecified atom stereocenters. The van der Waals surface area contributed by atoms with Gasteiger partial charge in [0.25, 0.3) is 0 Å². The summed E-state index contributed by atoms with van der Waals surface area (Å²) in [6.07, 6.45) is 3.72. The highest BCUT2D eigenvalue weighted by molar-refractivity contribution is 7.10. The minimum atomic E-state index is 0.645. The average Bonchev–Trinajstić information content (AvgIpc) is 3.15. The van der Waals surface area contributed by atoms with E-state index in [1.54, 1.807) is 0 Å². The molecule has 0 aliphatic carbocycles. The molecule has 106 valence electrons. The van der Waals surface area contributed by atoms with Crippen LogP contribution in [0.1, 0.15) is 30.2 Å². The van der Waals surface area contributed by atoms with Crippen molar-refractivity contribution < 1.29 is 4.74 Å². The molecule has 0 N–H and O–H groups in total. The van der Waals surface area contributed by atoms with E-state index in [4.69, 9.17) is 4.74 Å². The van der Waals surface area contributed by atoms with Crippen molar-refractivity contribution in [3.63, 3.8) is 0 Å². The van der Waals surface area contributed by atoms with E-state index in [0.717, 1.165) is 25.3 Å². The van der Waals surface area contributed by atoms with Gasteiger partial charge in [-0.15, -0.1) is 11.3 Å². The van der Waals surface area contributed by atoms with Crippen molar-refractivity contribution in [1.29, 1.82) is 0 Å². The summed E-state index contributed by atoms with van der Waals surface area (Å²) in [6.45, 7) is 3.17. The molecule has 0 spiro atoms. The van der Waals surface area contributed by atoms with Crippen LogP contribution in [0.5, 0.6) is 5.75 Å². The first-order chi connectivity index (χ1) is 9.93. The van der Waals surface area contributed by atoms with Gasteiger partial charge >= 0.3 is 0 Å². The maximum absolute atomic E-state index is 5.77. The van der Waals surface area contributed by atoms with Crippen LogP contribution in [0.3, 0.4) is 0 Å². The molecule has 1 aliphatic heterocycles. The predicted molar refractivity (Wildman–Crippen MR) is 84.4 cm³/mol. The predicted octanol–water partition coefficient (Wildman–Crippen LogP) is 4.35. The standard InChI is InChI=1S/C17H21NOS/c1-2-7-15(8-3-1)19-13-6-12-18-11-4-9-16(18)17-10-5-14-20-17/h1-3,5,7-8,10,14,16H,4,6,9,11-13H2. The molecular formula is C17H21NOS. The molecule has 2 heterocycles. The number of thiophene rings is 1. The number of para-hydroxylation sites is 1. The summed E-state index contributed by atoms with van der Waals surface area (Å²) in [5.74, 6) is 0.976. The molecule has 1 saturated heterocycles. The van der Waals surface area contributed by atoms with Crippen LogP contribution in [0.4, 0.5) is 0 Å². The first kappa shape index (κ1) is 13.7. The lowest BCUT2D eigenvalue weighted by Gasteiger charge is -2.23. The van der Waals surface area contributed by atoms with Gasteiger partial charge < -0.3 is 4.74 Å². The van der Waals surface area contributed by atoms with Gasteiger partial charge in [0, 0.05) is 17.5 Å². The second-order valence-corrected chi connectivity index (χ2v) is 6.20. The van der Waals surface area contributed by atoms with Crippen LogP contribution >= 0.6 is 11.3 Å². The van der Waals surface area contributed by atoms with Gasteiger partial charge in [0.2, 0.25) is 0 Å². The monoisotopic (exact) mass is 287 g/mol. The summed E-state index contributed by atoms with van der Waals surface area (Å²) in [7, 11) is 0. The average molecular weight is 287 g/mol. The first-order valence-electron chi connectivity index (χ1n) is 7.39. The van der Waals surface area contributed by atoms with E-state index in [-0.39, 0.29) is 0 Å². The van der Waals surface area contributed by atoms with Gasteiger partial charge in [0.15, 0.2) is 0 Å². The Balaban J connectivity index is 1.44. The fourth-order valence-corrected chi connectivity index (χ4v) is 3.77. The lowest BCUT2D eigenvalue weighted by molar-refractivity contribution is 0.224. The molecule has 1 aliphatic rings. The van der Waals surface area contributed by atoms with Crippen LogP contribution in [0.25, 0.3) is 0 Å². The summed E-state index contributed by atoms with van der Waals surface area (Å²) in [5, 5.41) is 2.18. The Labute approximate surface area is 125 Å². The highest BCUT2D eigenvalue weighted by Crippen LogP contribution is 2.34.